The first-order valence-corrected chi connectivity index (χ1v) is 5.98. The van der Waals surface area contributed by atoms with Gasteiger partial charge in [-0.15, -0.1) is 9.24 Å². The predicted octanol–water partition coefficient (Wildman–Crippen LogP) is 2.25. The maximum atomic E-state index is 10.5. The molecule has 0 rings (SSSR count). The summed E-state index contributed by atoms with van der Waals surface area (Å²) < 4.78 is 0. The molecule has 0 N–H and O–H groups in total. The van der Waals surface area contributed by atoms with Gasteiger partial charge >= 0.3 is 0 Å². The van der Waals surface area contributed by atoms with Crippen LogP contribution in [0.25, 0.3) is 0 Å². The van der Waals surface area contributed by atoms with E-state index in [4.69, 9.17) is 0 Å². The summed E-state index contributed by atoms with van der Waals surface area (Å²) in [7, 11) is 2.42. The highest BCUT2D eigenvalue weighted by Gasteiger charge is 2.05. The summed E-state index contributed by atoms with van der Waals surface area (Å²) in [5.41, 5.74) is 0. The zero-order chi connectivity index (χ0) is 10.9. The van der Waals surface area contributed by atoms with Crippen LogP contribution in [0.4, 0.5) is 0 Å². The summed E-state index contributed by atoms with van der Waals surface area (Å²) in [4.78, 5) is 12.3. The van der Waals surface area contributed by atoms with Crippen LogP contribution in [-0.2, 0) is 4.79 Å². The SMILES string of the molecule is CC(C)CN(C=O)CC(C)C.CP. The Balaban J connectivity index is 0. The first-order valence-electron chi connectivity index (χ1n) is 4.83. The lowest BCUT2D eigenvalue weighted by Crippen LogP contribution is -2.29. The van der Waals surface area contributed by atoms with Gasteiger partial charge in [-0.05, 0) is 11.8 Å². The Morgan fingerprint density at radius 2 is 1.38 bits per heavy atom. The van der Waals surface area contributed by atoms with Crippen molar-refractivity contribution in [3.8, 4) is 0 Å². The molecule has 0 aliphatic rings. The van der Waals surface area contributed by atoms with Crippen LogP contribution in [0, 0.1) is 11.8 Å². The van der Waals surface area contributed by atoms with Gasteiger partial charge in [-0.25, -0.2) is 0 Å². The second kappa shape index (κ2) is 9.98. The highest BCUT2D eigenvalue weighted by molar-refractivity contribution is 7.15. The second-order valence-corrected chi connectivity index (χ2v) is 3.85. The van der Waals surface area contributed by atoms with Gasteiger partial charge in [-0.3, -0.25) is 4.79 Å². The molecule has 1 unspecified atom stereocenters. The molecule has 0 saturated carbocycles. The van der Waals surface area contributed by atoms with E-state index in [2.05, 4.69) is 36.9 Å². The van der Waals surface area contributed by atoms with E-state index in [0.717, 1.165) is 19.5 Å². The standard InChI is InChI=1S/C9H19NO.CH5P/c1-8(2)5-10(7-11)6-9(3)4;1-2/h7-9H,5-6H2,1-4H3;2H2,1H3. The average molecular weight is 205 g/mol. The molecule has 1 amide bonds. The largest absolute Gasteiger partial charge is 0.345 e. The molecular weight excluding hydrogens is 181 g/mol. The fraction of sp³-hybridized carbons (Fsp3) is 0.900. The van der Waals surface area contributed by atoms with E-state index in [1.54, 1.807) is 0 Å². The zero-order valence-electron chi connectivity index (χ0n) is 9.58. The Hall–Kier alpha value is -0.100. The fourth-order valence-corrected chi connectivity index (χ4v) is 1.10. The molecular formula is C10H24NOP. The minimum atomic E-state index is 0.568. The molecule has 0 spiro atoms. The normalized spacial score (nSPS) is 9.54. The van der Waals surface area contributed by atoms with Crippen LogP contribution in [0.5, 0.6) is 0 Å². The maximum Gasteiger partial charge on any atom is 0.209 e. The van der Waals surface area contributed by atoms with Crippen LogP contribution in [0.2, 0.25) is 0 Å². The van der Waals surface area contributed by atoms with Crippen molar-refractivity contribution < 1.29 is 4.79 Å². The number of nitrogens with zero attached hydrogens (tertiary/aromatic N) is 1. The summed E-state index contributed by atoms with van der Waals surface area (Å²) in [6, 6.07) is 0. The second-order valence-electron chi connectivity index (χ2n) is 3.85. The molecule has 0 aliphatic heterocycles. The Bertz CT molecular complexity index is 105. The first kappa shape index (κ1) is 15.4. The van der Waals surface area contributed by atoms with Crippen molar-refractivity contribution in [2.75, 3.05) is 19.8 Å². The van der Waals surface area contributed by atoms with Gasteiger partial charge in [0.05, 0.1) is 0 Å². The van der Waals surface area contributed by atoms with Crippen molar-refractivity contribution >= 4 is 15.6 Å². The van der Waals surface area contributed by atoms with E-state index in [0.29, 0.717) is 11.8 Å². The van der Waals surface area contributed by atoms with Crippen LogP contribution in [0.15, 0.2) is 0 Å². The Labute approximate surface area is 85.3 Å². The van der Waals surface area contributed by atoms with E-state index in [9.17, 15) is 4.79 Å². The van der Waals surface area contributed by atoms with Crippen LogP contribution < -0.4 is 0 Å². The van der Waals surface area contributed by atoms with E-state index >= 15 is 0 Å². The topological polar surface area (TPSA) is 20.3 Å². The molecule has 0 heterocycles. The van der Waals surface area contributed by atoms with Crippen LogP contribution in [0.3, 0.4) is 0 Å². The van der Waals surface area contributed by atoms with Crippen LogP contribution >= 0.6 is 9.24 Å². The molecule has 0 aromatic heterocycles. The van der Waals surface area contributed by atoms with Gasteiger partial charge in [0, 0.05) is 13.1 Å². The molecule has 0 bridgehead atoms. The highest BCUT2D eigenvalue weighted by atomic mass is 31.0. The summed E-state index contributed by atoms with van der Waals surface area (Å²) in [5, 5.41) is 0. The number of hydrogen-bond donors (Lipinski definition) is 0. The van der Waals surface area contributed by atoms with E-state index in [-0.39, 0.29) is 0 Å². The summed E-state index contributed by atoms with van der Waals surface area (Å²) in [6.45, 7) is 12.2. The Morgan fingerprint density at radius 3 is 1.54 bits per heavy atom. The molecule has 0 fully saturated rings. The lowest BCUT2D eigenvalue weighted by atomic mass is 10.1. The quantitative estimate of drug-likeness (QED) is 0.498. The van der Waals surface area contributed by atoms with Gasteiger partial charge in [0.2, 0.25) is 6.41 Å². The minimum Gasteiger partial charge on any atom is -0.345 e. The number of amides is 1. The third-order valence-corrected chi connectivity index (χ3v) is 1.35. The number of carbonyl (C=O) groups excluding carboxylic acids is 1. The number of carbonyl (C=O) groups is 1. The molecule has 1 atom stereocenters. The van der Waals surface area contributed by atoms with Gasteiger partial charge in [0.25, 0.3) is 0 Å². The first-order chi connectivity index (χ1) is 6.06. The third-order valence-electron chi connectivity index (χ3n) is 1.35. The van der Waals surface area contributed by atoms with E-state index in [1.807, 2.05) is 11.6 Å². The molecule has 2 nitrogen and oxygen atoms in total. The van der Waals surface area contributed by atoms with Crippen LogP contribution in [-0.4, -0.2) is 31.1 Å². The molecule has 13 heavy (non-hydrogen) atoms. The average Bonchev–Trinajstić information content (AvgIpc) is 2.05. The smallest absolute Gasteiger partial charge is 0.209 e. The van der Waals surface area contributed by atoms with Crippen molar-refractivity contribution in [2.45, 2.75) is 27.7 Å². The maximum absolute atomic E-state index is 10.5. The van der Waals surface area contributed by atoms with Crippen molar-refractivity contribution in [1.82, 2.24) is 4.90 Å². The predicted molar refractivity (Wildman–Crippen MR) is 62.9 cm³/mol. The van der Waals surface area contributed by atoms with E-state index < -0.39 is 0 Å². The summed E-state index contributed by atoms with van der Waals surface area (Å²) in [6.07, 6.45) is 0.944. The van der Waals surface area contributed by atoms with Gasteiger partial charge in [0.1, 0.15) is 0 Å². The Kier molecular flexibility index (Phi) is 11.8. The number of hydrogen-bond acceptors (Lipinski definition) is 1. The number of rotatable bonds is 5. The van der Waals surface area contributed by atoms with Crippen molar-refractivity contribution in [3.63, 3.8) is 0 Å². The lowest BCUT2D eigenvalue weighted by Gasteiger charge is -2.21. The van der Waals surface area contributed by atoms with E-state index in [1.165, 1.54) is 0 Å². The molecule has 0 radical (unpaired) electrons. The monoisotopic (exact) mass is 205 g/mol. The Morgan fingerprint density at radius 1 is 1.08 bits per heavy atom. The summed E-state index contributed by atoms with van der Waals surface area (Å²) >= 11 is 0. The molecule has 0 aromatic carbocycles. The molecule has 0 saturated heterocycles. The minimum absolute atomic E-state index is 0.568. The van der Waals surface area contributed by atoms with Crippen molar-refractivity contribution in [3.05, 3.63) is 0 Å². The van der Waals surface area contributed by atoms with Gasteiger partial charge in [0.15, 0.2) is 0 Å². The lowest BCUT2D eigenvalue weighted by molar-refractivity contribution is -0.119. The highest BCUT2D eigenvalue weighted by Crippen LogP contribution is 2.00. The van der Waals surface area contributed by atoms with Gasteiger partial charge in [-0.2, -0.15) is 0 Å². The van der Waals surface area contributed by atoms with Gasteiger partial charge < -0.3 is 4.90 Å². The van der Waals surface area contributed by atoms with Crippen molar-refractivity contribution in [2.24, 2.45) is 11.8 Å². The molecule has 80 valence electrons. The zero-order valence-corrected chi connectivity index (χ0v) is 10.7. The van der Waals surface area contributed by atoms with Crippen molar-refractivity contribution in [1.29, 1.82) is 0 Å². The fourth-order valence-electron chi connectivity index (χ4n) is 1.10. The summed E-state index contributed by atoms with van der Waals surface area (Å²) in [5.74, 6) is 1.14. The molecule has 0 aromatic rings. The molecule has 3 heteroatoms. The third kappa shape index (κ3) is 11.9. The molecule has 0 aliphatic carbocycles. The van der Waals surface area contributed by atoms with Gasteiger partial charge in [-0.1, -0.05) is 34.4 Å². The van der Waals surface area contributed by atoms with Crippen LogP contribution in [0.1, 0.15) is 27.7 Å².